The predicted molar refractivity (Wildman–Crippen MR) is 434 cm³/mol. The summed E-state index contributed by atoms with van der Waals surface area (Å²) in [5, 5.41) is 62.7. The van der Waals surface area contributed by atoms with Crippen LogP contribution in [0.2, 0.25) is 0 Å². The average Bonchev–Trinajstić information content (AvgIpc) is 2.47. The maximum absolute atomic E-state index is 12.2. The molecule has 1 aliphatic carbocycles. The van der Waals surface area contributed by atoms with E-state index in [-0.39, 0.29) is 6.42 Å². The second-order valence-electron chi connectivity index (χ2n) is 32.5. The number of piperazine rings is 5. The highest BCUT2D eigenvalue weighted by atomic mass is 32.2. The number of benzene rings is 5. The van der Waals surface area contributed by atoms with Crippen LogP contribution in [0.5, 0.6) is 0 Å². The number of anilines is 5. The number of aliphatic carboxylic acids is 4. The van der Waals surface area contributed by atoms with Gasteiger partial charge >= 0.3 is 23.9 Å². The summed E-state index contributed by atoms with van der Waals surface area (Å²) >= 11 is 0. The molecule has 16 rings (SSSR count). The van der Waals surface area contributed by atoms with Gasteiger partial charge in [0.25, 0.3) is 0 Å². The van der Waals surface area contributed by atoms with E-state index >= 15 is 0 Å². The SMILES string of the molecule is CC(C)(CN1CCN(c2noc3ccccc23)CC1)C(=O)NS(C)(=O)=O.CC(C)(CN1CCN(c2noc3ccccc23)CC1)C(=O)O.Cc1cc2onc(N3CCN(CC(C)(C)C(=O)O)CC3)c2cc1C.O=C(O)C1(CN2CCN(c3noc4ccccc34)CC2)CC1.O=C(O)CCN1CCN(c2noc3ccccc23)CC1. The van der Waals surface area contributed by atoms with Gasteiger partial charge in [0.15, 0.2) is 57.0 Å². The standard InChI is InChI=1S/C18H25N3O3.C17H24N4O4S.C16H19N3O3.C16H21N3O3.C14H17N3O3/c1-12-9-14-15(10-13(12)2)24-19-16(14)21-7-5-20(6-8-21)11-18(3,4)17(22)23;1-17(2,16(22)19-26(3,23)24)12-20-8-10-21(11-9-20)15-13-6-4-5-7-14(13)25-18-15;20-15(21)16(5-6-16)11-18-7-9-19(10-8-18)14-12-3-1-2-4-13(12)22-17-14;1-16(2,15(20)21)11-18-7-9-19(10-8-18)14-12-5-3-4-6-13(12)22-17-14;18-13(19)5-6-16-7-9-17(10-8-16)14-11-3-1-2-4-12(11)20-15-14/h9-10H,5-8,11H2,1-4H3,(H,22,23);4-7H,8-12H2,1-3H3,(H,19,22);1-4H,5-11H2,(H,20,21);3-6H,7-11H2,1-2H3,(H,20,21);1-4H,5-10H2,(H,18,19). The minimum Gasteiger partial charge on any atom is -0.481 e. The van der Waals surface area contributed by atoms with Crippen molar-refractivity contribution in [3.63, 3.8) is 0 Å². The Morgan fingerprint density at radius 3 is 1.00 bits per heavy atom. The zero-order chi connectivity index (χ0) is 81.3. The summed E-state index contributed by atoms with van der Waals surface area (Å²) in [7, 11) is -3.55. The topological polar surface area (TPSA) is 375 Å². The number of carbonyl (C=O) groups excluding carboxylic acids is 1. The highest BCUT2D eigenvalue weighted by Crippen LogP contribution is 2.47. The zero-order valence-corrected chi connectivity index (χ0v) is 67.3. The van der Waals surface area contributed by atoms with Crippen molar-refractivity contribution >= 4 is 124 Å². The van der Waals surface area contributed by atoms with Crippen LogP contribution >= 0.6 is 0 Å². The highest BCUT2D eigenvalue weighted by molar-refractivity contribution is 7.89. The Balaban J connectivity index is 0.000000132. The monoisotopic (exact) mass is 1590 g/mol. The minimum atomic E-state index is -3.55. The van der Waals surface area contributed by atoms with E-state index in [9.17, 15) is 47.7 Å². The molecular weight excluding hydrogens is 1490 g/mol. The molecule has 33 heteroatoms. The van der Waals surface area contributed by atoms with E-state index in [1.807, 2.05) is 103 Å². The molecule has 612 valence electrons. The summed E-state index contributed by atoms with van der Waals surface area (Å²) in [4.78, 5) is 78.6. The normalized spacial score (nSPS) is 17.7. The largest absolute Gasteiger partial charge is 0.481 e. The molecule has 1 saturated carbocycles. The molecule has 0 radical (unpaired) electrons. The Morgan fingerprint density at radius 2 is 0.693 bits per heavy atom. The van der Waals surface area contributed by atoms with E-state index in [0.717, 1.165) is 234 Å². The molecule has 1 amide bonds. The van der Waals surface area contributed by atoms with Crippen LogP contribution in [0.15, 0.2) is 132 Å². The fourth-order valence-corrected chi connectivity index (χ4v) is 15.5. The first-order valence-corrected chi connectivity index (χ1v) is 40.8. The number of carboxylic acid groups (broad SMARTS) is 4. The van der Waals surface area contributed by atoms with Crippen LogP contribution in [0, 0.1) is 35.5 Å². The van der Waals surface area contributed by atoms with Gasteiger partial charge < -0.3 is 67.5 Å². The number of para-hydroxylation sites is 4. The maximum atomic E-state index is 12.2. The molecule has 0 atom stereocenters. The molecule has 114 heavy (non-hydrogen) atoms. The number of fused-ring (bicyclic) bond motifs is 5. The first kappa shape index (κ1) is 83.0. The maximum Gasteiger partial charge on any atom is 0.310 e. The number of carbonyl (C=O) groups is 5. The van der Waals surface area contributed by atoms with Crippen LogP contribution in [0.25, 0.3) is 54.8 Å². The van der Waals surface area contributed by atoms with Gasteiger partial charge in [-0.25, -0.2) is 8.42 Å². The van der Waals surface area contributed by atoms with Crippen molar-refractivity contribution in [2.75, 3.05) is 194 Å². The molecular formula is C81H106N16O16S. The van der Waals surface area contributed by atoms with Crippen molar-refractivity contribution < 1.29 is 75.4 Å². The van der Waals surface area contributed by atoms with E-state index in [1.165, 1.54) is 11.1 Å². The summed E-state index contributed by atoms with van der Waals surface area (Å²) in [5.41, 5.74) is 3.71. The quantitative estimate of drug-likeness (QED) is 0.0447. The number of hydrogen-bond acceptors (Lipinski definition) is 27. The average molecular weight is 1590 g/mol. The Hall–Kier alpha value is -10.5. The van der Waals surface area contributed by atoms with E-state index < -0.39 is 61.5 Å². The smallest absolute Gasteiger partial charge is 0.310 e. The first-order chi connectivity index (χ1) is 54.3. The molecule has 10 heterocycles. The predicted octanol–water partition coefficient (Wildman–Crippen LogP) is 9.03. The number of nitrogens with zero attached hydrogens (tertiary/aromatic N) is 15. The van der Waals surface area contributed by atoms with Crippen LogP contribution in [0.1, 0.15) is 71.9 Å². The summed E-state index contributed by atoms with van der Waals surface area (Å²) in [6.45, 7) is 34.2. The van der Waals surface area contributed by atoms with Crippen LogP contribution in [0.3, 0.4) is 0 Å². The Kier molecular flexibility index (Phi) is 25.9. The lowest BCUT2D eigenvalue weighted by Gasteiger charge is -2.38. The van der Waals surface area contributed by atoms with E-state index in [2.05, 4.69) is 99.4 Å². The summed E-state index contributed by atoms with van der Waals surface area (Å²) in [5.74, 6) is 1.04. The van der Waals surface area contributed by atoms with E-state index in [4.69, 9.17) is 27.7 Å². The third-order valence-electron chi connectivity index (χ3n) is 22.2. The molecule has 5 N–H and O–H groups in total. The van der Waals surface area contributed by atoms with Gasteiger partial charge in [0.05, 0.1) is 61.3 Å². The van der Waals surface area contributed by atoms with Gasteiger partial charge in [0, 0.05) is 164 Å². The lowest BCUT2D eigenvalue weighted by molar-refractivity contribution is -0.148. The molecule has 10 aromatic rings. The lowest BCUT2D eigenvalue weighted by atomic mass is 9.91. The molecule has 0 unspecified atom stereocenters. The molecule has 5 aromatic heterocycles. The number of rotatable bonds is 21. The third kappa shape index (κ3) is 20.5. The molecule has 32 nitrogen and oxygen atoms in total. The molecule has 6 fully saturated rings. The van der Waals surface area contributed by atoms with Crippen molar-refractivity contribution in [1.82, 2.24) is 55.0 Å². The van der Waals surface area contributed by atoms with Gasteiger partial charge in [-0.1, -0.05) is 74.3 Å². The first-order valence-electron chi connectivity index (χ1n) is 38.9. The van der Waals surface area contributed by atoms with Crippen molar-refractivity contribution in [2.45, 2.75) is 74.7 Å². The highest BCUT2D eigenvalue weighted by Gasteiger charge is 2.51. The number of nitrogens with one attached hydrogen (secondary N) is 1. The second kappa shape index (κ2) is 35.5. The summed E-state index contributed by atoms with van der Waals surface area (Å²) in [6.07, 6.45) is 2.82. The fraction of sp³-hybridized carbons (Fsp3) is 0.506. The fourth-order valence-electron chi connectivity index (χ4n) is 14.9. The third-order valence-corrected chi connectivity index (χ3v) is 22.8. The van der Waals surface area contributed by atoms with Gasteiger partial charge in [-0.05, 0) is 140 Å². The van der Waals surface area contributed by atoms with Gasteiger partial charge in [0.2, 0.25) is 15.9 Å². The van der Waals surface area contributed by atoms with E-state index in [1.54, 1.807) is 41.5 Å². The van der Waals surface area contributed by atoms with Gasteiger partial charge in [-0.2, -0.15) is 0 Å². The van der Waals surface area contributed by atoms with Crippen molar-refractivity contribution in [3.8, 4) is 0 Å². The van der Waals surface area contributed by atoms with Gasteiger partial charge in [-0.15, -0.1) is 0 Å². The van der Waals surface area contributed by atoms with Crippen molar-refractivity contribution in [2.24, 2.45) is 21.7 Å². The van der Waals surface area contributed by atoms with Gasteiger partial charge in [0.1, 0.15) is 0 Å². The zero-order valence-electron chi connectivity index (χ0n) is 66.5. The Morgan fingerprint density at radius 1 is 0.404 bits per heavy atom. The van der Waals surface area contributed by atoms with Crippen LogP contribution in [0.4, 0.5) is 29.1 Å². The van der Waals surface area contributed by atoms with Gasteiger partial charge in [-0.3, -0.25) is 53.2 Å². The lowest BCUT2D eigenvalue weighted by Crippen LogP contribution is -2.52. The Bertz CT molecular complexity index is 4980. The summed E-state index contributed by atoms with van der Waals surface area (Å²) < 4.78 is 51.6. The molecule has 6 aliphatic rings. The van der Waals surface area contributed by atoms with E-state index in [0.29, 0.717) is 32.7 Å². The van der Waals surface area contributed by atoms with Crippen LogP contribution in [-0.2, 0) is 34.0 Å². The second-order valence-corrected chi connectivity index (χ2v) is 34.3. The molecule has 0 spiro atoms. The number of hydrogen-bond donors (Lipinski definition) is 5. The van der Waals surface area contributed by atoms with Crippen LogP contribution in [-0.4, -0.2) is 279 Å². The van der Waals surface area contributed by atoms with Crippen molar-refractivity contribution in [1.29, 1.82) is 0 Å². The number of sulfonamides is 1. The van der Waals surface area contributed by atoms with Crippen molar-refractivity contribution in [3.05, 3.63) is 120 Å². The molecule has 5 aliphatic heterocycles. The minimum absolute atomic E-state index is 0.201. The number of aryl methyl sites for hydroxylation is 2. The number of carboxylic acids is 4. The molecule has 5 aromatic carbocycles. The Labute approximate surface area is 662 Å². The number of aromatic nitrogens is 5. The molecule has 0 bridgehead atoms. The summed E-state index contributed by atoms with van der Waals surface area (Å²) in [6, 6.07) is 35.5. The number of amides is 1. The van der Waals surface area contributed by atoms with Crippen LogP contribution < -0.4 is 29.2 Å². The molecule has 5 saturated heterocycles.